The number of phenols is 1. The summed E-state index contributed by atoms with van der Waals surface area (Å²) < 4.78 is 22.3. The molecule has 1 rings (SSSR count). The van der Waals surface area contributed by atoms with Crippen LogP contribution in [0.1, 0.15) is 17.3 Å². The zero-order valence-corrected chi connectivity index (χ0v) is 8.63. The first-order chi connectivity index (χ1) is 6.32. The van der Waals surface area contributed by atoms with Crippen molar-refractivity contribution in [3.63, 3.8) is 0 Å². The van der Waals surface area contributed by atoms with Gasteiger partial charge in [0.1, 0.15) is 10.6 Å². The van der Waals surface area contributed by atoms with Gasteiger partial charge in [-0.3, -0.25) is 4.79 Å². The average molecular weight is 214 g/mol. The van der Waals surface area contributed by atoms with Gasteiger partial charge in [0, 0.05) is 11.8 Å². The van der Waals surface area contributed by atoms with Crippen molar-refractivity contribution in [1.82, 2.24) is 0 Å². The van der Waals surface area contributed by atoms with Gasteiger partial charge in [-0.05, 0) is 25.1 Å². The number of rotatable bonds is 2. The van der Waals surface area contributed by atoms with Crippen LogP contribution in [0.4, 0.5) is 0 Å². The van der Waals surface area contributed by atoms with Crippen molar-refractivity contribution in [2.45, 2.75) is 11.8 Å². The van der Waals surface area contributed by atoms with Crippen molar-refractivity contribution in [1.29, 1.82) is 0 Å². The van der Waals surface area contributed by atoms with Crippen molar-refractivity contribution >= 4 is 15.6 Å². The molecule has 0 saturated carbocycles. The van der Waals surface area contributed by atoms with E-state index in [0.717, 1.165) is 6.26 Å². The molecule has 1 N–H and O–H groups in total. The van der Waals surface area contributed by atoms with Crippen LogP contribution in [0.2, 0.25) is 0 Å². The molecule has 14 heavy (non-hydrogen) atoms. The predicted octanol–water partition coefficient (Wildman–Crippen LogP) is 0.998. The van der Waals surface area contributed by atoms with Crippen LogP contribution in [0, 0.1) is 0 Å². The van der Waals surface area contributed by atoms with Crippen molar-refractivity contribution in [2.75, 3.05) is 6.26 Å². The Labute approximate surface area is 82.1 Å². The van der Waals surface area contributed by atoms with E-state index in [1.807, 2.05) is 0 Å². The molecule has 76 valence electrons. The van der Waals surface area contributed by atoms with E-state index in [0.29, 0.717) is 0 Å². The molecule has 0 amide bonds. The molecule has 0 saturated heterocycles. The summed E-state index contributed by atoms with van der Waals surface area (Å²) in [5.41, 5.74) is 0.267. The lowest BCUT2D eigenvalue weighted by molar-refractivity contribution is 0.101. The average Bonchev–Trinajstić information content (AvgIpc) is 2.02. The van der Waals surface area contributed by atoms with E-state index in [1.165, 1.54) is 25.1 Å². The van der Waals surface area contributed by atoms with Gasteiger partial charge in [-0.15, -0.1) is 0 Å². The molecule has 0 unspecified atom stereocenters. The quantitative estimate of drug-likeness (QED) is 0.745. The molecule has 1 aromatic carbocycles. The molecular weight excluding hydrogens is 204 g/mol. The van der Waals surface area contributed by atoms with Crippen LogP contribution in [0.25, 0.3) is 0 Å². The molecular formula is C9H10O4S. The number of hydrogen-bond acceptors (Lipinski definition) is 4. The van der Waals surface area contributed by atoms with E-state index < -0.39 is 9.84 Å². The van der Waals surface area contributed by atoms with E-state index in [-0.39, 0.29) is 22.0 Å². The summed E-state index contributed by atoms with van der Waals surface area (Å²) in [6.07, 6.45) is 0.978. The molecule has 1 aromatic rings. The monoisotopic (exact) mass is 214 g/mol. The molecule has 0 atom stereocenters. The first-order valence-corrected chi connectivity index (χ1v) is 5.75. The third kappa shape index (κ3) is 2.11. The highest BCUT2D eigenvalue weighted by molar-refractivity contribution is 7.90. The van der Waals surface area contributed by atoms with E-state index in [4.69, 9.17) is 0 Å². The van der Waals surface area contributed by atoms with Crippen LogP contribution in [0.3, 0.4) is 0 Å². The second-order valence-corrected chi connectivity index (χ2v) is 5.00. The smallest absolute Gasteiger partial charge is 0.179 e. The fraction of sp³-hybridized carbons (Fsp3) is 0.222. The summed E-state index contributed by atoms with van der Waals surface area (Å²) in [7, 11) is -3.49. The first kappa shape index (κ1) is 10.7. The number of carbonyl (C=O) groups is 1. The minimum atomic E-state index is -3.49. The van der Waals surface area contributed by atoms with E-state index >= 15 is 0 Å². The number of hydrogen-bond donors (Lipinski definition) is 1. The van der Waals surface area contributed by atoms with Crippen LogP contribution in [0.5, 0.6) is 5.75 Å². The van der Waals surface area contributed by atoms with Crippen molar-refractivity contribution in [3.8, 4) is 5.75 Å². The summed E-state index contributed by atoms with van der Waals surface area (Å²) >= 11 is 0. The third-order valence-electron chi connectivity index (χ3n) is 1.77. The van der Waals surface area contributed by atoms with E-state index in [2.05, 4.69) is 0 Å². The lowest BCUT2D eigenvalue weighted by Gasteiger charge is -2.03. The molecule has 0 radical (unpaired) electrons. The zero-order chi connectivity index (χ0) is 10.9. The summed E-state index contributed by atoms with van der Waals surface area (Å²) in [6, 6.07) is 3.76. The Morgan fingerprint density at radius 2 is 1.93 bits per heavy atom. The number of carbonyl (C=O) groups excluding carboxylic acids is 1. The molecule has 0 aliphatic carbocycles. The molecule has 0 spiro atoms. The fourth-order valence-corrected chi connectivity index (χ4v) is 1.82. The Bertz CT molecular complexity index is 474. The predicted molar refractivity (Wildman–Crippen MR) is 51.2 cm³/mol. The van der Waals surface area contributed by atoms with Gasteiger partial charge in [-0.2, -0.15) is 0 Å². The zero-order valence-electron chi connectivity index (χ0n) is 7.81. The number of phenolic OH excluding ortho intramolecular Hbond substituents is 1. The maximum atomic E-state index is 11.2. The Morgan fingerprint density at radius 1 is 1.36 bits per heavy atom. The summed E-state index contributed by atoms with van der Waals surface area (Å²) in [4.78, 5) is 10.7. The number of sulfone groups is 1. The summed E-state index contributed by atoms with van der Waals surface area (Å²) in [6.45, 7) is 1.33. The van der Waals surface area contributed by atoms with Gasteiger partial charge >= 0.3 is 0 Å². The molecule has 0 aliphatic rings. The van der Waals surface area contributed by atoms with Gasteiger partial charge in [-0.25, -0.2) is 8.42 Å². The number of ketones is 1. The van der Waals surface area contributed by atoms with Crippen LogP contribution < -0.4 is 0 Å². The minimum absolute atomic E-state index is 0.217. The Hall–Kier alpha value is -1.36. The van der Waals surface area contributed by atoms with Gasteiger partial charge in [0.2, 0.25) is 0 Å². The van der Waals surface area contributed by atoms with Crippen molar-refractivity contribution in [2.24, 2.45) is 0 Å². The first-order valence-electron chi connectivity index (χ1n) is 3.86. The van der Waals surface area contributed by atoms with Crippen LogP contribution in [-0.2, 0) is 9.84 Å². The molecule has 0 bridgehead atoms. The van der Waals surface area contributed by atoms with Gasteiger partial charge < -0.3 is 5.11 Å². The topological polar surface area (TPSA) is 71.4 Å². The summed E-state index contributed by atoms with van der Waals surface area (Å²) in [5, 5.41) is 9.26. The maximum absolute atomic E-state index is 11.2. The highest BCUT2D eigenvalue weighted by Gasteiger charge is 2.14. The van der Waals surface area contributed by atoms with Gasteiger partial charge in [0.15, 0.2) is 15.6 Å². The maximum Gasteiger partial charge on any atom is 0.179 e. The van der Waals surface area contributed by atoms with Gasteiger partial charge in [0.05, 0.1) is 0 Å². The number of Topliss-reactive ketones (excluding diaryl/α,β-unsaturated/α-hetero) is 1. The molecule has 0 aromatic heterocycles. The summed E-state index contributed by atoms with van der Waals surface area (Å²) in [5.74, 6) is -0.576. The molecule has 0 aliphatic heterocycles. The SMILES string of the molecule is CC(=O)c1ccc(O)c(S(C)(=O)=O)c1. The van der Waals surface area contributed by atoms with Crippen molar-refractivity contribution < 1.29 is 18.3 Å². The van der Waals surface area contributed by atoms with Crippen LogP contribution in [0.15, 0.2) is 23.1 Å². The largest absolute Gasteiger partial charge is 0.507 e. The normalized spacial score (nSPS) is 11.3. The van der Waals surface area contributed by atoms with E-state index in [9.17, 15) is 18.3 Å². The van der Waals surface area contributed by atoms with Gasteiger partial charge in [0.25, 0.3) is 0 Å². The van der Waals surface area contributed by atoms with Crippen molar-refractivity contribution in [3.05, 3.63) is 23.8 Å². The Morgan fingerprint density at radius 3 is 2.36 bits per heavy atom. The molecule has 5 heteroatoms. The van der Waals surface area contributed by atoms with Crippen LogP contribution in [-0.4, -0.2) is 25.6 Å². The lowest BCUT2D eigenvalue weighted by atomic mass is 10.1. The highest BCUT2D eigenvalue weighted by Crippen LogP contribution is 2.23. The Kier molecular flexibility index (Phi) is 2.62. The second kappa shape index (κ2) is 3.42. The van der Waals surface area contributed by atoms with Crippen LogP contribution >= 0.6 is 0 Å². The number of benzene rings is 1. The highest BCUT2D eigenvalue weighted by atomic mass is 32.2. The molecule has 4 nitrogen and oxygen atoms in total. The second-order valence-electron chi connectivity index (χ2n) is 3.01. The fourth-order valence-electron chi connectivity index (χ4n) is 1.03. The molecule has 0 heterocycles. The standard InChI is InChI=1S/C9H10O4S/c1-6(10)7-3-4-8(11)9(5-7)14(2,12)13/h3-5,11H,1-2H3. The molecule has 0 fully saturated rings. The lowest BCUT2D eigenvalue weighted by Crippen LogP contribution is -2.00. The van der Waals surface area contributed by atoms with E-state index in [1.54, 1.807) is 0 Å². The Balaban J connectivity index is 3.44. The number of aromatic hydroxyl groups is 1. The minimum Gasteiger partial charge on any atom is -0.507 e. The van der Waals surface area contributed by atoms with Gasteiger partial charge in [-0.1, -0.05) is 0 Å². The third-order valence-corrected chi connectivity index (χ3v) is 2.89.